The number of nitrogens with one attached hydrogen (secondary N) is 1. The second-order valence-electron chi connectivity index (χ2n) is 4.25. The van der Waals surface area contributed by atoms with Gasteiger partial charge in [-0.05, 0) is 36.9 Å². The Balaban J connectivity index is 2.50. The van der Waals surface area contributed by atoms with Crippen molar-refractivity contribution in [3.05, 3.63) is 63.4 Å². The van der Waals surface area contributed by atoms with Gasteiger partial charge in [0.2, 0.25) is 0 Å². The van der Waals surface area contributed by atoms with Crippen LogP contribution in [-0.4, -0.2) is 14.2 Å². The Bertz CT molecular complexity index is 599. The van der Waals surface area contributed by atoms with Gasteiger partial charge < -0.3 is 10.1 Å². The molecule has 1 unspecified atom stereocenters. The van der Waals surface area contributed by atoms with Gasteiger partial charge in [0.1, 0.15) is 11.6 Å². The molecule has 0 fully saturated rings. The van der Waals surface area contributed by atoms with E-state index >= 15 is 0 Å². The first-order chi connectivity index (χ1) is 9.58. The van der Waals surface area contributed by atoms with Crippen LogP contribution >= 0.6 is 23.2 Å². The van der Waals surface area contributed by atoms with Crippen molar-refractivity contribution >= 4 is 23.2 Å². The fraction of sp³-hybridized carbons (Fsp3) is 0.200. The highest BCUT2D eigenvalue weighted by molar-refractivity contribution is 6.32. The third kappa shape index (κ3) is 2.90. The van der Waals surface area contributed by atoms with E-state index in [1.165, 1.54) is 6.07 Å². The quantitative estimate of drug-likeness (QED) is 0.900. The van der Waals surface area contributed by atoms with Gasteiger partial charge in [-0.1, -0.05) is 35.3 Å². The Morgan fingerprint density at radius 3 is 2.45 bits per heavy atom. The molecule has 0 aliphatic heterocycles. The summed E-state index contributed by atoms with van der Waals surface area (Å²) >= 11 is 12.2. The molecule has 0 bridgehead atoms. The minimum atomic E-state index is -0.382. The van der Waals surface area contributed by atoms with Crippen molar-refractivity contribution in [2.24, 2.45) is 0 Å². The molecule has 0 aliphatic carbocycles. The lowest BCUT2D eigenvalue weighted by atomic mass is 9.98. The Kier molecular flexibility index (Phi) is 4.86. The molecule has 0 amide bonds. The van der Waals surface area contributed by atoms with E-state index in [9.17, 15) is 4.39 Å². The molecule has 0 saturated carbocycles. The zero-order valence-corrected chi connectivity index (χ0v) is 12.6. The van der Waals surface area contributed by atoms with Crippen molar-refractivity contribution in [2.45, 2.75) is 6.04 Å². The van der Waals surface area contributed by atoms with Gasteiger partial charge in [0.05, 0.1) is 18.2 Å². The van der Waals surface area contributed by atoms with E-state index in [2.05, 4.69) is 5.32 Å². The van der Waals surface area contributed by atoms with Gasteiger partial charge in [-0.2, -0.15) is 0 Å². The van der Waals surface area contributed by atoms with Gasteiger partial charge in [0.15, 0.2) is 0 Å². The van der Waals surface area contributed by atoms with Crippen molar-refractivity contribution in [3.63, 3.8) is 0 Å². The topological polar surface area (TPSA) is 21.3 Å². The monoisotopic (exact) mass is 313 g/mol. The molecule has 2 rings (SSSR count). The van der Waals surface area contributed by atoms with Crippen LogP contribution in [0.3, 0.4) is 0 Å². The first-order valence-corrected chi connectivity index (χ1v) is 6.78. The van der Waals surface area contributed by atoms with E-state index in [4.69, 9.17) is 27.9 Å². The molecule has 5 heteroatoms. The van der Waals surface area contributed by atoms with Crippen molar-refractivity contribution in [2.75, 3.05) is 14.2 Å². The van der Waals surface area contributed by atoms with Crippen molar-refractivity contribution < 1.29 is 9.13 Å². The predicted octanol–water partition coefficient (Wildman–Crippen LogP) is 4.45. The lowest BCUT2D eigenvalue weighted by Crippen LogP contribution is -2.19. The van der Waals surface area contributed by atoms with Gasteiger partial charge >= 0.3 is 0 Å². The number of hydrogen-bond acceptors (Lipinski definition) is 2. The Labute approximate surface area is 127 Å². The standard InChI is InChI=1S/C15H14Cl2FNO/c1-19-15(14-10(16)4-3-5-12(14)18)9-6-7-13(20-2)11(17)8-9/h3-8,15,19H,1-2H3. The maximum atomic E-state index is 14.0. The van der Waals surface area contributed by atoms with E-state index in [1.54, 1.807) is 38.4 Å². The molecule has 20 heavy (non-hydrogen) atoms. The van der Waals surface area contributed by atoms with E-state index in [-0.39, 0.29) is 11.9 Å². The second kappa shape index (κ2) is 6.44. The summed E-state index contributed by atoms with van der Waals surface area (Å²) in [6.45, 7) is 0. The second-order valence-corrected chi connectivity index (χ2v) is 5.07. The van der Waals surface area contributed by atoms with Gasteiger partial charge in [-0.15, -0.1) is 0 Å². The molecule has 0 aliphatic rings. The summed E-state index contributed by atoms with van der Waals surface area (Å²) in [5.74, 6) is 0.216. The smallest absolute Gasteiger partial charge is 0.137 e. The van der Waals surface area contributed by atoms with Gasteiger partial charge in [-0.3, -0.25) is 0 Å². The van der Waals surface area contributed by atoms with Crippen LogP contribution in [0.2, 0.25) is 10.0 Å². The SMILES string of the molecule is CNC(c1ccc(OC)c(Cl)c1)c1c(F)cccc1Cl. The minimum Gasteiger partial charge on any atom is -0.495 e. The molecule has 1 N–H and O–H groups in total. The maximum Gasteiger partial charge on any atom is 0.137 e. The highest BCUT2D eigenvalue weighted by atomic mass is 35.5. The number of benzene rings is 2. The molecule has 2 aromatic carbocycles. The molecule has 0 aromatic heterocycles. The van der Waals surface area contributed by atoms with E-state index in [1.807, 2.05) is 6.07 Å². The minimum absolute atomic E-state index is 0.358. The highest BCUT2D eigenvalue weighted by Crippen LogP contribution is 2.34. The molecule has 0 spiro atoms. The van der Waals surface area contributed by atoms with E-state index < -0.39 is 0 Å². The van der Waals surface area contributed by atoms with Crippen LogP contribution in [0.4, 0.5) is 4.39 Å². The molecular weight excluding hydrogens is 300 g/mol. The molecule has 0 heterocycles. The lowest BCUT2D eigenvalue weighted by molar-refractivity contribution is 0.414. The normalized spacial score (nSPS) is 12.2. The molecule has 2 aromatic rings. The van der Waals surface area contributed by atoms with Gasteiger partial charge in [0.25, 0.3) is 0 Å². The van der Waals surface area contributed by atoms with E-state index in [0.29, 0.717) is 21.4 Å². The molecule has 0 saturated heterocycles. The number of ether oxygens (including phenoxy) is 1. The molecular formula is C15H14Cl2FNO. The Morgan fingerprint density at radius 2 is 1.90 bits per heavy atom. The summed E-state index contributed by atoms with van der Waals surface area (Å²) < 4.78 is 19.2. The summed E-state index contributed by atoms with van der Waals surface area (Å²) in [7, 11) is 3.29. The number of halogens is 3. The van der Waals surface area contributed by atoms with Crippen LogP contribution in [0.15, 0.2) is 36.4 Å². The third-order valence-corrected chi connectivity index (χ3v) is 3.71. The summed E-state index contributed by atoms with van der Waals surface area (Å²) in [6.07, 6.45) is 0. The maximum absolute atomic E-state index is 14.0. The third-order valence-electron chi connectivity index (χ3n) is 3.09. The Hall–Kier alpha value is -1.29. The van der Waals surface area contributed by atoms with Crippen LogP contribution in [0.5, 0.6) is 5.75 Å². The number of methoxy groups -OCH3 is 1. The van der Waals surface area contributed by atoms with Crippen molar-refractivity contribution in [1.29, 1.82) is 0 Å². The van der Waals surface area contributed by atoms with E-state index in [0.717, 1.165) is 5.56 Å². The predicted molar refractivity (Wildman–Crippen MR) is 80.3 cm³/mol. The zero-order chi connectivity index (χ0) is 14.7. The largest absolute Gasteiger partial charge is 0.495 e. The van der Waals surface area contributed by atoms with Gasteiger partial charge in [-0.25, -0.2) is 4.39 Å². The summed E-state index contributed by atoms with van der Waals surface area (Å²) in [5, 5.41) is 3.90. The fourth-order valence-electron chi connectivity index (χ4n) is 2.13. The first kappa shape index (κ1) is 15.1. The van der Waals surface area contributed by atoms with Crippen LogP contribution in [0.1, 0.15) is 17.2 Å². The van der Waals surface area contributed by atoms with Gasteiger partial charge in [0, 0.05) is 10.6 Å². The van der Waals surface area contributed by atoms with Crippen LogP contribution in [0.25, 0.3) is 0 Å². The summed E-state index contributed by atoms with van der Waals surface area (Å²) in [6, 6.07) is 9.56. The molecule has 2 nitrogen and oxygen atoms in total. The summed E-state index contributed by atoms with van der Waals surface area (Å²) in [4.78, 5) is 0. The molecule has 1 atom stereocenters. The lowest BCUT2D eigenvalue weighted by Gasteiger charge is -2.20. The van der Waals surface area contributed by atoms with Crippen LogP contribution < -0.4 is 10.1 Å². The number of rotatable bonds is 4. The van der Waals surface area contributed by atoms with Crippen LogP contribution in [-0.2, 0) is 0 Å². The van der Waals surface area contributed by atoms with Crippen molar-refractivity contribution in [3.8, 4) is 5.75 Å². The molecule has 106 valence electrons. The zero-order valence-electron chi connectivity index (χ0n) is 11.1. The summed E-state index contributed by atoms with van der Waals surface area (Å²) in [5.41, 5.74) is 1.21. The fourth-order valence-corrected chi connectivity index (χ4v) is 2.66. The van der Waals surface area contributed by atoms with Crippen molar-refractivity contribution in [1.82, 2.24) is 5.32 Å². The Morgan fingerprint density at radius 1 is 1.15 bits per heavy atom. The average molecular weight is 314 g/mol. The average Bonchev–Trinajstić information content (AvgIpc) is 2.43. The molecule has 0 radical (unpaired) electrons. The highest BCUT2D eigenvalue weighted by Gasteiger charge is 2.20. The number of hydrogen-bond donors (Lipinski definition) is 1. The van der Waals surface area contributed by atoms with Crippen LogP contribution in [0, 0.1) is 5.82 Å². The first-order valence-electron chi connectivity index (χ1n) is 6.03.